The maximum Gasteiger partial charge on any atom is 0.261 e. The van der Waals surface area contributed by atoms with Gasteiger partial charge in [-0.1, -0.05) is 104 Å². The molecule has 0 unspecified atom stereocenters. The Morgan fingerprint density at radius 3 is 2.06 bits per heavy atom. The molecule has 2 aliphatic rings. The first-order valence-corrected chi connectivity index (χ1v) is 16.8. The monoisotopic (exact) mass is 658 g/mol. The molecule has 2 amide bonds. The summed E-state index contributed by atoms with van der Waals surface area (Å²) in [7, 11) is 0. The first-order valence-electron chi connectivity index (χ1n) is 15.9. The van der Waals surface area contributed by atoms with Gasteiger partial charge < -0.3 is 19.8 Å². The van der Waals surface area contributed by atoms with Crippen LogP contribution >= 0.6 is 11.8 Å². The largest absolute Gasteiger partial charge is 0.618 e. The van der Waals surface area contributed by atoms with E-state index in [2.05, 4.69) is 6.92 Å². The molecule has 7 rings (SSSR count). The molecule has 1 aromatic heterocycles. The summed E-state index contributed by atoms with van der Waals surface area (Å²) in [6.45, 7) is 2.22. The minimum absolute atomic E-state index is 0.0224. The van der Waals surface area contributed by atoms with Crippen molar-refractivity contribution in [1.82, 2.24) is 4.90 Å². The van der Waals surface area contributed by atoms with Crippen LogP contribution in [0.3, 0.4) is 0 Å². The lowest BCUT2D eigenvalue weighted by Crippen LogP contribution is -2.39. The fourth-order valence-electron chi connectivity index (χ4n) is 6.31. The summed E-state index contributed by atoms with van der Waals surface area (Å²) in [5, 5.41) is 22.5. The van der Waals surface area contributed by atoms with Crippen LogP contribution in [-0.4, -0.2) is 33.7 Å². The van der Waals surface area contributed by atoms with Crippen LogP contribution in [0.5, 0.6) is 0 Å². The Bertz CT molecular complexity index is 1910. The zero-order valence-electron chi connectivity index (χ0n) is 26.3. The number of carbonyl (C=O) groups excluding carboxylic acids is 2. The number of nitrogens with zero attached hydrogens (tertiary/aromatic N) is 2. The third-order valence-electron chi connectivity index (χ3n) is 9.03. The Kier molecular flexibility index (Phi) is 9.10. The van der Waals surface area contributed by atoms with E-state index in [1.807, 2.05) is 78.9 Å². The fourth-order valence-corrected chi connectivity index (χ4v) is 7.39. The standard InChI is InChI=1S/C39H34N2O6S/c1-25-34(24-48-35-12-6-7-21-41(35)45)46-39(47-36(25)28-15-13-26(23-42)14-16-28)29-19-17-27(18-20-29)31-9-3-2-8-30(31)22-40-37(43)32-10-4-5-11-33(32)38(40)44/h2-21,25,34,36,39,42H,22-24H2,1H3/t25-,34+,36+,39+/m1/s1. The molecule has 1 N–H and O–H groups in total. The number of carbonyl (C=O) groups is 2. The van der Waals surface area contributed by atoms with Gasteiger partial charge in [-0.3, -0.25) is 14.5 Å². The zero-order chi connectivity index (χ0) is 33.2. The summed E-state index contributed by atoms with van der Waals surface area (Å²) in [5.41, 5.74) is 6.23. The van der Waals surface area contributed by atoms with E-state index in [4.69, 9.17) is 9.47 Å². The lowest BCUT2D eigenvalue weighted by Gasteiger charge is -2.41. The van der Waals surface area contributed by atoms with Crippen molar-refractivity contribution in [2.24, 2.45) is 5.92 Å². The highest BCUT2D eigenvalue weighted by molar-refractivity contribution is 7.99. The van der Waals surface area contributed by atoms with E-state index in [0.29, 0.717) is 21.9 Å². The third-order valence-corrected chi connectivity index (χ3v) is 10.1. The molecule has 9 heteroatoms. The van der Waals surface area contributed by atoms with Gasteiger partial charge in [-0.05, 0) is 46.0 Å². The van der Waals surface area contributed by atoms with Crippen molar-refractivity contribution in [1.29, 1.82) is 0 Å². The average Bonchev–Trinajstić information content (AvgIpc) is 3.37. The van der Waals surface area contributed by atoms with Crippen LogP contribution in [0, 0.1) is 11.1 Å². The predicted octanol–water partition coefficient (Wildman–Crippen LogP) is 6.86. The minimum Gasteiger partial charge on any atom is -0.618 e. The van der Waals surface area contributed by atoms with Gasteiger partial charge in [0.05, 0.1) is 36.5 Å². The van der Waals surface area contributed by atoms with Crippen LogP contribution in [0.4, 0.5) is 0 Å². The molecule has 0 spiro atoms. The Labute approximate surface area is 283 Å². The van der Waals surface area contributed by atoms with Crippen molar-refractivity contribution in [2.45, 2.75) is 43.6 Å². The molecular weight excluding hydrogens is 625 g/mol. The highest BCUT2D eigenvalue weighted by atomic mass is 32.2. The molecule has 1 fully saturated rings. The van der Waals surface area contributed by atoms with E-state index in [9.17, 15) is 19.9 Å². The van der Waals surface area contributed by atoms with Gasteiger partial charge in [0.15, 0.2) is 12.5 Å². The Morgan fingerprint density at radius 2 is 1.40 bits per heavy atom. The van der Waals surface area contributed by atoms with E-state index >= 15 is 0 Å². The normalized spacial score (nSPS) is 20.6. The molecule has 8 nitrogen and oxygen atoms in total. The van der Waals surface area contributed by atoms with Crippen molar-refractivity contribution in [3.05, 3.63) is 160 Å². The first-order chi connectivity index (χ1) is 23.4. The number of fused-ring (bicyclic) bond motifs is 1. The highest BCUT2D eigenvalue weighted by Crippen LogP contribution is 2.43. The van der Waals surface area contributed by atoms with E-state index in [1.165, 1.54) is 22.9 Å². The Morgan fingerprint density at radius 1 is 0.771 bits per heavy atom. The average molecular weight is 659 g/mol. The van der Waals surface area contributed by atoms with E-state index < -0.39 is 6.29 Å². The second kappa shape index (κ2) is 13.7. The number of imide groups is 1. The number of benzene rings is 4. The maximum absolute atomic E-state index is 13.1. The Hall–Kier alpha value is -4.80. The summed E-state index contributed by atoms with van der Waals surface area (Å²) in [6.07, 6.45) is 0.325. The molecule has 4 aromatic carbocycles. The van der Waals surface area contributed by atoms with Crippen LogP contribution in [0.15, 0.2) is 126 Å². The molecule has 0 aliphatic carbocycles. The smallest absolute Gasteiger partial charge is 0.261 e. The molecule has 0 saturated carbocycles. The van der Waals surface area contributed by atoms with Crippen LogP contribution in [-0.2, 0) is 22.6 Å². The zero-order valence-corrected chi connectivity index (χ0v) is 27.1. The lowest BCUT2D eigenvalue weighted by molar-refractivity contribution is -0.645. The van der Waals surface area contributed by atoms with Crippen LogP contribution < -0.4 is 4.73 Å². The number of pyridine rings is 1. The number of aliphatic hydroxyl groups is 1. The molecular formula is C39H34N2O6S. The van der Waals surface area contributed by atoms with Gasteiger partial charge in [0, 0.05) is 29.4 Å². The maximum atomic E-state index is 13.1. The number of hydrogen-bond donors (Lipinski definition) is 1. The van der Waals surface area contributed by atoms with Crippen molar-refractivity contribution < 1.29 is 28.9 Å². The number of aliphatic hydroxyl groups excluding tert-OH is 1. The Balaban J connectivity index is 1.13. The van der Waals surface area contributed by atoms with Gasteiger partial charge in [0.2, 0.25) is 0 Å². The second-order valence-corrected chi connectivity index (χ2v) is 13.1. The van der Waals surface area contributed by atoms with Crippen LogP contribution in [0.25, 0.3) is 11.1 Å². The van der Waals surface area contributed by atoms with Crippen molar-refractivity contribution in [2.75, 3.05) is 5.75 Å². The number of amides is 2. The van der Waals surface area contributed by atoms with E-state index in [-0.39, 0.29) is 43.1 Å². The summed E-state index contributed by atoms with van der Waals surface area (Å²) in [5.74, 6) is -0.0351. The molecule has 0 bridgehead atoms. The third kappa shape index (κ3) is 6.25. The van der Waals surface area contributed by atoms with Crippen molar-refractivity contribution in [3.8, 4) is 11.1 Å². The van der Waals surface area contributed by atoms with Crippen LogP contribution in [0.2, 0.25) is 0 Å². The minimum atomic E-state index is -0.660. The second-order valence-electron chi connectivity index (χ2n) is 12.0. The van der Waals surface area contributed by atoms with Gasteiger partial charge in [-0.2, -0.15) is 4.73 Å². The fraction of sp³-hybridized carbons (Fsp3) is 0.205. The summed E-state index contributed by atoms with van der Waals surface area (Å²) < 4.78 is 14.1. The van der Waals surface area contributed by atoms with E-state index in [0.717, 1.165) is 38.1 Å². The van der Waals surface area contributed by atoms with Crippen molar-refractivity contribution >= 4 is 23.6 Å². The van der Waals surface area contributed by atoms with Crippen LogP contribution in [0.1, 0.15) is 62.3 Å². The number of ether oxygens (including phenoxy) is 2. The number of aromatic nitrogens is 1. The highest BCUT2D eigenvalue weighted by Gasteiger charge is 2.39. The molecule has 4 atom stereocenters. The molecule has 2 aliphatic heterocycles. The number of thioether (sulfide) groups is 1. The molecule has 1 saturated heterocycles. The van der Waals surface area contributed by atoms with Gasteiger partial charge in [-0.15, -0.1) is 0 Å². The van der Waals surface area contributed by atoms with Crippen molar-refractivity contribution in [3.63, 3.8) is 0 Å². The molecule has 48 heavy (non-hydrogen) atoms. The molecule has 3 heterocycles. The summed E-state index contributed by atoms with van der Waals surface area (Å²) in [4.78, 5) is 27.5. The predicted molar refractivity (Wildman–Crippen MR) is 182 cm³/mol. The summed E-state index contributed by atoms with van der Waals surface area (Å²) in [6, 6.07) is 35.8. The number of hydrogen-bond acceptors (Lipinski definition) is 7. The van der Waals surface area contributed by atoms with Gasteiger partial charge in [0.1, 0.15) is 0 Å². The molecule has 242 valence electrons. The molecule has 5 aromatic rings. The van der Waals surface area contributed by atoms with Gasteiger partial charge in [0.25, 0.3) is 16.8 Å². The first kappa shape index (κ1) is 31.8. The van der Waals surface area contributed by atoms with E-state index in [1.54, 1.807) is 36.4 Å². The topological polar surface area (TPSA) is 103 Å². The lowest BCUT2D eigenvalue weighted by atomic mass is 9.91. The summed E-state index contributed by atoms with van der Waals surface area (Å²) >= 11 is 1.45. The quantitative estimate of drug-likeness (QED) is 0.0799. The van der Waals surface area contributed by atoms with Gasteiger partial charge in [-0.25, -0.2) is 0 Å². The SMILES string of the molecule is C[C@@H]1[C@H](CSc2cccc[n+]2[O-])O[C@H](c2ccc(-c3ccccc3CN3C(=O)c4ccccc4C3=O)cc2)O[C@@H]1c1ccc(CO)cc1. The van der Waals surface area contributed by atoms with Gasteiger partial charge >= 0.3 is 0 Å². The molecule has 0 radical (unpaired) electrons. The number of rotatable bonds is 9.